The highest BCUT2D eigenvalue weighted by Gasteiger charge is 2.04. The van der Waals surface area contributed by atoms with Gasteiger partial charge in [-0.25, -0.2) is 0 Å². The maximum Gasteiger partial charge on any atom is 0.187 e. The summed E-state index contributed by atoms with van der Waals surface area (Å²) in [5.74, 6) is 0. The Balaban J connectivity index is 2.91. The molecule has 0 aromatic carbocycles. The molecule has 1 aliphatic carbocycles. The van der Waals surface area contributed by atoms with Gasteiger partial charge in [-0.3, -0.25) is 4.79 Å². The first kappa shape index (κ1) is 7.10. The number of fused-ring (bicyclic) bond motifs is 1. The van der Waals surface area contributed by atoms with E-state index >= 15 is 0 Å². The maximum atomic E-state index is 11.3. The third kappa shape index (κ3) is 0.925. The molecule has 1 aliphatic heterocycles. The number of hydrogen-bond donors (Lipinski definition) is 0. The van der Waals surface area contributed by atoms with Crippen molar-refractivity contribution in [1.29, 1.82) is 0 Å². The Kier molecular flexibility index (Phi) is 1.47. The van der Waals surface area contributed by atoms with Crippen molar-refractivity contribution in [2.45, 2.75) is 0 Å². The SMILES string of the molecule is Cn1cccc2c(=O)cccc1-2. The van der Waals surface area contributed by atoms with E-state index in [-0.39, 0.29) is 5.43 Å². The van der Waals surface area contributed by atoms with Crippen molar-refractivity contribution in [2.75, 3.05) is 0 Å². The van der Waals surface area contributed by atoms with Crippen LogP contribution in [0, 0.1) is 0 Å². The summed E-state index contributed by atoms with van der Waals surface area (Å²) in [6.45, 7) is 0. The molecule has 0 amide bonds. The van der Waals surface area contributed by atoms with Crippen molar-refractivity contribution in [1.82, 2.24) is 4.57 Å². The quantitative estimate of drug-likeness (QED) is 0.570. The highest BCUT2D eigenvalue weighted by Crippen LogP contribution is 2.14. The van der Waals surface area contributed by atoms with E-state index < -0.39 is 0 Å². The van der Waals surface area contributed by atoms with E-state index in [0.29, 0.717) is 0 Å². The van der Waals surface area contributed by atoms with E-state index in [9.17, 15) is 4.79 Å². The average molecular weight is 159 g/mol. The van der Waals surface area contributed by atoms with Crippen LogP contribution in [0.3, 0.4) is 0 Å². The Morgan fingerprint density at radius 1 is 1.17 bits per heavy atom. The molecule has 2 nitrogen and oxygen atoms in total. The van der Waals surface area contributed by atoms with Gasteiger partial charge in [0, 0.05) is 18.8 Å². The van der Waals surface area contributed by atoms with Crippen LogP contribution in [0.5, 0.6) is 0 Å². The molecule has 2 rings (SSSR count). The lowest BCUT2D eigenvalue weighted by Gasteiger charge is -2.08. The fraction of sp³-hybridized carbons (Fsp3) is 0.100. The standard InChI is InChI=1S/C10H9NO/c1-11-7-3-4-8-9(11)5-2-6-10(8)12/h2-7H,1H3. The molecule has 60 valence electrons. The summed E-state index contributed by atoms with van der Waals surface area (Å²) in [5.41, 5.74) is 1.84. The predicted molar refractivity (Wildman–Crippen MR) is 48.3 cm³/mol. The highest BCUT2D eigenvalue weighted by molar-refractivity contribution is 5.60. The van der Waals surface area contributed by atoms with Crippen LogP contribution in [0.1, 0.15) is 0 Å². The van der Waals surface area contributed by atoms with E-state index in [1.165, 1.54) is 0 Å². The van der Waals surface area contributed by atoms with Crippen molar-refractivity contribution in [3.63, 3.8) is 0 Å². The van der Waals surface area contributed by atoms with Gasteiger partial charge in [0.25, 0.3) is 0 Å². The van der Waals surface area contributed by atoms with Gasteiger partial charge >= 0.3 is 0 Å². The minimum Gasteiger partial charge on any atom is -0.350 e. The van der Waals surface area contributed by atoms with Gasteiger partial charge in [-0.1, -0.05) is 6.07 Å². The number of aromatic nitrogens is 1. The molecule has 0 N–H and O–H groups in total. The summed E-state index contributed by atoms with van der Waals surface area (Å²) in [7, 11) is 1.93. The molecule has 0 saturated carbocycles. The lowest BCUT2D eigenvalue weighted by molar-refractivity contribution is 0.911. The van der Waals surface area contributed by atoms with E-state index in [4.69, 9.17) is 0 Å². The molecule has 0 unspecified atom stereocenters. The van der Waals surface area contributed by atoms with Crippen molar-refractivity contribution in [3.8, 4) is 11.3 Å². The van der Waals surface area contributed by atoms with Gasteiger partial charge in [0.1, 0.15) is 0 Å². The number of benzene rings is 1. The first-order chi connectivity index (χ1) is 5.79. The summed E-state index contributed by atoms with van der Waals surface area (Å²) in [5, 5.41) is 0. The smallest absolute Gasteiger partial charge is 0.187 e. The summed E-state index contributed by atoms with van der Waals surface area (Å²) >= 11 is 0. The van der Waals surface area contributed by atoms with Crippen molar-refractivity contribution in [2.24, 2.45) is 7.05 Å². The van der Waals surface area contributed by atoms with Crippen LogP contribution < -0.4 is 5.43 Å². The number of pyridine rings is 1. The first-order valence-electron chi connectivity index (χ1n) is 3.83. The molecule has 0 saturated heterocycles. The molecule has 0 aromatic heterocycles. The minimum absolute atomic E-state index is 0.0868. The Morgan fingerprint density at radius 3 is 2.75 bits per heavy atom. The summed E-state index contributed by atoms with van der Waals surface area (Å²) in [6, 6.07) is 9.03. The summed E-state index contributed by atoms with van der Waals surface area (Å²) in [6.07, 6.45) is 1.93. The molecule has 1 heterocycles. The van der Waals surface area contributed by atoms with Crippen LogP contribution in [0.25, 0.3) is 11.3 Å². The summed E-state index contributed by atoms with van der Waals surface area (Å²) < 4.78 is 1.94. The van der Waals surface area contributed by atoms with Gasteiger partial charge in [-0.15, -0.1) is 0 Å². The zero-order chi connectivity index (χ0) is 8.55. The molecule has 0 atom stereocenters. The number of aryl methyl sites for hydroxylation is 1. The number of hydrogen-bond acceptors (Lipinski definition) is 1. The van der Waals surface area contributed by atoms with Crippen molar-refractivity contribution in [3.05, 3.63) is 46.8 Å². The van der Waals surface area contributed by atoms with Crippen LogP contribution in [0.4, 0.5) is 0 Å². The normalized spacial score (nSPS) is 10.4. The molecule has 0 aromatic rings. The molecular formula is C10H9NO. The minimum atomic E-state index is 0.0868. The van der Waals surface area contributed by atoms with Crippen molar-refractivity contribution < 1.29 is 0 Å². The number of nitrogens with zero attached hydrogens (tertiary/aromatic N) is 1. The number of rotatable bonds is 0. The summed E-state index contributed by atoms with van der Waals surface area (Å²) in [4.78, 5) is 11.3. The second-order valence-electron chi connectivity index (χ2n) is 2.81. The van der Waals surface area contributed by atoms with E-state index in [2.05, 4.69) is 0 Å². The van der Waals surface area contributed by atoms with Crippen LogP contribution in [0.2, 0.25) is 0 Å². The largest absolute Gasteiger partial charge is 0.350 e. The molecule has 0 fully saturated rings. The van der Waals surface area contributed by atoms with Crippen LogP contribution in [-0.4, -0.2) is 4.57 Å². The Labute approximate surface area is 70.4 Å². The third-order valence-electron chi connectivity index (χ3n) is 2.00. The molecule has 2 heteroatoms. The third-order valence-corrected chi connectivity index (χ3v) is 2.00. The average Bonchev–Trinajstić information content (AvgIpc) is 2.07. The Morgan fingerprint density at radius 2 is 2.00 bits per heavy atom. The zero-order valence-corrected chi connectivity index (χ0v) is 6.82. The molecule has 0 bridgehead atoms. The van der Waals surface area contributed by atoms with Crippen LogP contribution >= 0.6 is 0 Å². The zero-order valence-electron chi connectivity index (χ0n) is 6.82. The molecule has 0 spiro atoms. The lowest BCUT2D eigenvalue weighted by Crippen LogP contribution is -2.07. The molecule has 0 radical (unpaired) electrons. The first-order valence-corrected chi connectivity index (χ1v) is 3.83. The lowest BCUT2D eigenvalue weighted by atomic mass is 10.1. The topological polar surface area (TPSA) is 22.0 Å². The van der Waals surface area contributed by atoms with E-state index in [0.717, 1.165) is 11.3 Å². The van der Waals surface area contributed by atoms with Gasteiger partial charge < -0.3 is 4.57 Å². The van der Waals surface area contributed by atoms with Gasteiger partial charge in [0.15, 0.2) is 5.43 Å². The van der Waals surface area contributed by atoms with Gasteiger partial charge in [0.2, 0.25) is 0 Å². The van der Waals surface area contributed by atoms with Crippen LogP contribution in [0.15, 0.2) is 41.3 Å². The van der Waals surface area contributed by atoms with E-state index in [1.807, 2.05) is 36.0 Å². The van der Waals surface area contributed by atoms with Gasteiger partial charge in [0.05, 0.1) is 5.69 Å². The van der Waals surface area contributed by atoms with E-state index in [1.54, 1.807) is 12.1 Å². The van der Waals surface area contributed by atoms with Gasteiger partial charge in [-0.05, 0) is 24.3 Å². The van der Waals surface area contributed by atoms with Gasteiger partial charge in [-0.2, -0.15) is 0 Å². The van der Waals surface area contributed by atoms with Crippen LogP contribution in [-0.2, 0) is 7.05 Å². The molecular weight excluding hydrogens is 150 g/mol. The highest BCUT2D eigenvalue weighted by atomic mass is 16.1. The second kappa shape index (κ2) is 2.48. The Hall–Kier alpha value is -1.57. The molecule has 2 aliphatic rings. The fourth-order valence-electron chi connectivity index (χ4n) is 1.36. The fourth-order valence-corrected chi connectivity index (χ4v) is 1.36. The second-order valence-corrected chi connectivity index (χ2v) is 2.81. The van der Waals surface area contributed by atoms with Crippen molar-refractivity contribution >= 4 is 0 Å². The Bertz CT molecular complexity index is 430. The predicted octanol–water partition coefficient (Wildman–Crippen LogP) is 1.49. The monoisotopic (exact) mass is 159 g/mol. The molecule has 12 heavy (non-hydrogen) atoms. The maximum absolute atomic E-state index is 11.3.